The molecule has 20 heavy (non-hydrogen) atoms. The van der Waals surface area contributed by atoms with Crippen molar-refractivity contribution in [3.05, 3.63) is 36.4 Å². The van der Waals surface area contributed by atoms with Gasteiger partial charge in [-0.25, -0.2) is 4.79 Å². The molecule has 4 nitrogen and oxygen atoms in total. The second-order valence-corrected chi connectivity index (χ2v) is 5.59. The average molecular weight is 278 g/mol. The minimum Gasteiger partial charge on any atom is -0.497 e. The summed E-state index contributed by atoms with van der Waals surface area (Å²) < 4.78 is 10.2. The summed E-state index contributed by atoms with van der Waals surface area (Å²) in [6, 6.07) is 7.28. The maximum absolute atomic E-state index is 11.7. The van der Waals surface area contributed by atoms with Crippen molar-refractivity contribution < 1.29 is 19.4 Å². The molecule has 1 atom stereocenters. The molecule has 0 heterocycles. The van der Waals surface area contributed by atoms with Crippen LogP contribution in [0.2, 0.25) is 0 Å². The molecule has 0 fully saturated rings. The van der Waals surface area contributed by atoms with Gasteiger partial charge < -0.3 is 14.6 Å². The molecule has 0 aliphatic rings. The summed E-state index contributed by atoms with van der Waals surface area (Å²) >= 11 is 0. The van der Waals surface area contributed by atoms with Crippen LogP contribution in [0.1, 0.15) is 32.8 Å². The molecule has 4 heteroatoms. The second kappa shape index (κ2) is 6.57. The van der Waals surface area contributed by atoms with Crippen molar-refractivity contribution in [2.24, 2.45) is 0 Å². The van der Waals surface area contributed by atoms with Gasteiger partial charge in [-0.1, -0.05) is 18.7 Å². The van der Waals surface area contributed by atoms with E-state index in [-0.39, 0.29) is 6.42 Å². The van der Waals surface area contributed by atoms with Crippen molar-refractivity contribution >= 4 is 11.5 Å². The number of methoxy groups -OCH3 is 1. The van der Waals surface area contributed by atoms with Gasteiger partial charge >= 0.3 is 5.97 Å². The lowest BCUT2D eigenvalue weighted by atomic mass is 10.0. The molecule has 0 aliphatic heterocycles. The molecule has 0 aromatic heterocycles. The Morgan fingerprint density at radius 3 is 2.30 bits per heavy atom. The van der Waals surface area contributed by atoms with Gasteiger partial charge in [-0.3, -0.25) is 0 Å². The third-order valence-corrected chi connectivity index (χ3v) is 2.62. The van der Waals surface area contributed by atoms with E-state index >= 15 is 0 Å². The van der Waals surface area contributed by atoms with Gasteiger partial charge in [0.15, 0.2) is 6.10 Å². The first-order valence-electron chi connectivity index (χ1n) is 6.46. The number of aliphatic hydroxyl groups excluding tert-OH is 1. The van der Waals surface area contributed by atoms with Gasteiger partial charge in [-0.15, -0.1) is 0 Å². The molecule has 0 bridgehead atoms. The highest BCUT2D eigenvalue weighted by molar-refractivity contribution is 5.78. The van der Waals surface area contributed by atoms with Crippen molar-refractivity contribution in [2.45, 2.75) is 38.9 Å². The molecule has 1 unspecified atom stereocenters. The smallest absolute Gasteiger partial charge is 0.335 e. The first-order valence-corrected chi connectivity index (χ1v) is 6.46. The summed E-state index contributed by atoms with van der Waals surface area (Å²) in [5.41, 5.74) is 0.916. The SMILES string of the molecule is C=C(CC(O)C(=O)OC(C)(C)C)c1ccc(OC)cc1. The standard InChI is InChI=1S/C16H22O4/c1-11(12-6-8-13(19-5)9-7-12)10-14(17)15(18)20-16(2,3)4/h6-9,14,17H,1,10H2,2-5H3. The number of aliphatic hydroxyl groups is 1. The van der Waals surface area contributed by atoms with Crippen molar-refractivity contribution in [1.29, 1.82) is 0 Å². The quantitative estimate of drug-likeness (QED) is 0.841. The number of rotatable bonds is 5. The number of hydrogen-bond acceptors (Lipinski definition) is 4. The molecule has 0 radical (unpaired) electrons. The molecule has 1 rings (SSSR count). The monoisotopic (exact) mass is 278 g/mol. The Labute approximate surface area is 120 Å². The summed E-state index contributed by atoms with van der Waals surface area (Å²) in [5.74, 6) is 0.112. The molecule has 0 aliphatic carbocycles. The van der Waals surface area contributed by atoms with Gasteiger partial charge in [0.05, 0.1) is 7.11 Å². The van der Waals surface area contributed by atoms with Crippen LogP contribution in [0, 0.1) is 0 Å². The summed E-state index contributed by atoms with van der Waals surface area (Å²) in [5, 5.41) is 9.85. The zero-order valence-electron chi connectivity index (χ0n) is 12.5. The maximum atomic E-state index is 11.7. The lowest BCUT2D eigenvalue weighted by Crippen LogP contribution is -2.31. The normalized spacial score (nSPS) is 12.7. The Morgan fingerprint density at radius 1 is 1.30 bits per heavy atom. The fourth-order valence-electron chi connectivity index (χ4n) is 1.63. The van der Waals surface area contributed by atoms with E-state index in [1.165, 1.54) is 0 Å². The van der Waals surface area contributed by atoms with Crippen LogP contribution >= 0.6 is 0 Å². The number of hydrogen-bond donors (Lipinski definition) is 1. The molecule has 110 valence electrons. The molecule has 1 aromatic rings. The average Bonchev–Trinajstić information content (AvgIpc) is 2.36. The zero-order valence-corrected chi connectivity index (χ0v) is 12.5. The van der Waals surface area contributed by atoms with E-state index in [1.54, 1.807) is 40.0 Å². The minimum atomic E-state index is -1.20. The number of benzene rings is 1. The highest BCUT2D eigenvalue weighted by atomic mass is 16.6. The van der Waals surface area contributed by atoms with Crippen LogP contribution in [0.5, 0.6) is 5.75 Å². The Bertz CT molecular complexity index is 468. The Balaban J connectivity index is 2.62. The third kappa shape index (κ3) is 5.05. The second-order valence-electron chi connectivity index (χ2n) is 5.59. The number of carbonyl (C=O) groups is 1. The molecule has 1 N–H and O–H groups in total. The highest BCUT2D eigenvalue weighted by Gasteiger charge is 2.23. The molecular formula is C16H22O4. The van der Waals surface area contributed by atoms with Crippen LogP contribution in [-0.4, -0.2) is 29.9 Å². The van der Waals surface area contributed by atoms with E-state index in [4.69, 9.17) is 9.47 Å². The van der Waals surface area contributed by atoms with Crippen LogP contribution in [0.4, 0.5) is 0 Å². The third-order valence-electron chi connectivity index (χ3n) is 2.62. The minimum absolute atomic E-state index is 0.140. The number of esters is 1. The largest absolute Gasteiger partial charge is 0.497 e. The Hall–Kier alpha value is -1.81. The molecule has 1 aromatic carbocycles. The van der Waals surface area contributed by atoms with Crippen molar-refractivity contribution in [3.8, 4) is 5.75 Å². The van der Waals surface area contributed by atoms with Gasteiger partial charge in [0, 0.05) is 6.42 Å². The van der Waals surface area contributed by atoms with E-state index < -0.39 is 17.7 Å². The fourth-order valence-corrected chi connectivity index (χ4v) is 1.63. The van der Waals surface area contributed by atoms with Crippen LogP contribution in [0.25, 0.3) is 5.57 Å². The summed E-state index contributed by atoms with van der Waals surface area (Å²) in [6.45, 7) is 9.17. The van der Waals surface area contributed by atoms with Crippen LogP contribution < -0.4 is 4.74 Å². The van der Waals surface area contributed by atoms with Gasteiger partial charge in [0.1, 0.15) is 11.4 Å². The van der Waals surface area contributed by atoms with Crippen LogP contribution in [0.3, 0.4) is 0 Å². The summed E-state index contributed by atoms with van der Waals surface area (Å²) in [4.78, 5) is 11.7. The topological polar surface area (TPSA) is 55.8 Å². The van der Waals surface area contributed by atoms with E-state index in [1.807, 2.05) is 12.1 Å². The lowest BCUT2D eigenvalue weighted by molar-refractivity contribution is -0.164. The van der Waals surface area contributed by atoms with Crippen LogP contribution in [-0.2, 0) is 9.53 Å². The molecule has 0 saturated carbocycles. The van der Waals surface area contributed by atoms with Gasteiger partial charge in [0.25, 0.3) is 0 Å². The maximum Gasteiger partial charge on any atom is 0.335 e. The molecule has 0 spiro atoms. The number of carbonyl (C=O) groups excluding carboxylic acids is 1. The van der Waals surface area contributed by atoms with Gasteiger partial charge in [0.2, 0.25) is 0 Å². The Morgan fingerprint density at radius 2 is 1.85 bits per heavy atom. The summed E-state index contributed by atoms with van der Waals surface area (Å²) in [6.07, 6.45) is -1.06. The van der Waals surface area contributed by atoms with Gasteiger partial charge in [-0.2, -0.15) is 0 Å². The first kappa shape index (κ1) is 16.2. The van der Waals surface area contributed by atoms with E-state index in [2.05, 4.69) is 6.58 Å². The van der Waals surface area contributed by atoms with E-state index in [9.17, 15) is 9.90 Å². The fraction of sp³-hybridized carbons (Fsp3) is 0.438. The predicted octanol–water partition coefficient (Wildman–Crippen LogP) is 2.80. The van der Waals surface area contributed by atoms with Crippen molar-refractivity contribution in [3.63, 3.8) is 0 Å². The molecular weight excluding hydrogens is 256 g/mol. The predicted molar refractivity (Wildman–Crippen MR) is 78.5 cm³/mol. The Kier molecular flexibility index (Phi) is 5.34. The van der Waals surface area contributed by atoms with Crippen LogP contribution in [0.15, 0.2) is 30.8 Å². The zero-order chi connectivity index (χ0) is 15.3. The molecule has 0 saturated heterocycles. The van der Waals surface area contributed by atoms with E-state index in [0.717, 1.165) is 11.3 Å². The first-order chi connectivity index (χ1) is 9.23. The van der Waals surface area contributed by atoms with Gasteiger partial charge in [-0.05, 0) is 44.0 Å². The number of ether oxygens (including phenoxy) is 2. The highest BCUT2D eigenvalue weighted by Crippen LogP contribution is 2.22. The van der Waals surface area contributed by atoms with Crippen molar-refractivity contribution in [2.75, 3.05) is 7.11 Å². The lowest BCUT2D eigenvalue weighted by Gasteiger charge is -2.22. The molecule has 0 amide bonds. The van der Waals surface area contributed by atoms with Crippen molar-refractivity contribution in [1.82, 2.24) is 0 Å². The summed E-state index contributed by atoms with van der Waals surface area (Å²) in [7, 11) is 1.59. The van der Waals surface area contributed by atoms with E-state index in [0.29, 0.717) is 5.57 Å².